The highest BCUT2D eigenvalue weighted by Crippen LogP contribution is 2.10. The highest BCUT2D eigenvalue weighted by Gasteiger charge is 2.07. The van der Waals surface area contributed by atoms with Crippen LogP contribution in [-0.4, -0.2) is 49.5 Å². The number of ether oxygens (including phenoxy) is 1. The Morgan fingerprint density at radius 2 is 2.25 bits per heavy atom. The first-order chi connectivity index (χ1) is 5.74. The van der Waals surface area contributed by atoms with Crippen LogP contribution in [0.4, 0.5) is 0 Å². The largest absolute Gasteiger partial charge is 0.395 e. The van der Waals surface area contributed by atoms with E-state index in [9.17, 15) is 0 Å². The summed E-state index contributed by atoms with van der Waals surface area (Å²) < 4.78 is 5.02. The first kappa shape index (κ1) is 12.2. The number of aliphatic hydroxyl groups excluding tert-OH is 1. The Labute approximate surface area is 78.9 Å². The van der Waals surface area contributed by atoms with Crippen molar-refractivity contribution in [2.24, 2.45) is 0 Å². The monoisotopic (exact) mass is 193 g/mol. The maximum absolute atomic E-state index is 8.78. The molecule has 0 aliphatic rings. The molecule has 2 N–H and O–H groups in total. The van der Waals surface area contributed by atoms with E-state index in [1.165, 1.54) is 0 Å². The van der Waals surface area contributed by atoms with Crippen molar-refractivity contribution in [2.45, 2.75) is 18.2 Å². The maximum atomic E-state index is 8.78. The highest BCUT2D eigenvalue weighted by molar-refractivity contribution is 7.99. The summed E-state index contributed by atoms with van der Waals surface area (Å²) in [6.45, 7) is 2.99. The van der Waals surface area contributed by atoms with Gasteiger partial charge in [0.2, 0.25) is 0 Å². The van der Waals surface area contributed by atoms with Crippen molar-refractivity contribution in [1.29, 1.82) is 0 Å². The molecule has 0 amide bonds. The number of aliphatic hydroxyl groups is 1. The van der Waals surface area contributed by atoms with Gasteiger partial charge in [-0.2, -0.15) is 11.8 Å². The summed E-state index contributed by atoms with van der Waals surface area (Å²) in [7, 11) is 3.62. The molecule has 0 aromatic carbocycles. The second kappa shape index (κ2) is 7.86. The van der Waals surface area contributed by atoms with Crippen molar-refractivity contribution >= 4 is 11.8 Å². The Hall–Kier alpha value is 0.230. The molecular formula is C8H19NO2S. The molecule has 74 valence electrons. The Kier molecular flexibility index (Phi) is 8.01. The van der Waals surface area contributed by atoms with Crippen LogP contribution < -0.4 is 5.32 Å². The van der Waals surface area contributed by atoms with Crippen molar-refractivity contribution in [1.82, 2.24) is 5.32 Å². The second-order valence-electron chi connectivity index (χ2n) is 2.77. The Balaban J connectivity index is 3.43. The van der Waals surface area contributed by atoms with Crippen LogP contribution >= 0.6 is 11.8 Å². The second-order valence-corrected chi connectivity index (χ2v) is 4.24. The first-order valence-electron chi connectivity index (χ1n) is 4.13. The van der Waals surface area contributed by atoms with Gasteiger partial charge in [0.1, 0.15) is 0 Å². The molecule has 12 heavy (non-hydrogen) atoms. The molecule has 0 aliphatic heterocycles. The smallest absolute Gasteiger partial charge is 0.0623 e. The van der Waals surface area contributed by atoms with Crippen LogP contribution in [0.5, 0.6) is 0 Å². The quantitative estimate of drug-likeness (QED) is 0.611. The van der Waals surface area contributed by atoms with Crippen LogP contribution in [0.2, 0.25) is 0 Å². The molecule has 0 radical (unpaired) electrons. The molecule has 0 fully saturated rings. The third-order valence-corrected chi connectivity index (χ3v) is 2.93. The van der Waals surface area contributed by atoms with E-state index in [1.807, 2.05) is 14.0 Å². The van der Waals surface area contributed by atoms with E-state index < -0.39 is 0 Å². The summed E-state index contributed by atoms with van der Waals surface area (Å²) in [6, 6.07) is 0.383. The highest BCUT2D eigenvalue weighted by atomic mass is 32.2. The molecule has 0 heterocycles. The molecule has 0 rings (SSSR count). The zero-order valence-corrected chi connectivity index (χ0v) is 8.86. The Bertz CT molecular complexity index is 103. The number of thioether (sulfide) groups is 1. The van der Waals surface area contributed by atoms with Crippen LogP contribution in [0, 0.1) is 0 Å². The molecule has 0 spiro atoms. The summed E-state index contributed by atoms with van der Waals surface area (Å²) in [5.41, 5.74) is 0. The van der Waals surface area contributed by atoms with Crippen molar-refractivity contribution in [3.8, 4) is 0 Å². The van der Waals surface area contributed by atoms with Crippen molar-refractivity contribution in [3.05, 3.63) is 0 Å². The topological polar surface area (TPSA) is 41.5 Å². The minimum Gasteiger partial charge on any atom is -0.395 e. The fraction of sp³-hybridized carbons (Fsp3) is 1.00. The number of hydrogen-bond donors (Lipinski definition) is 2. The van der Waals surface area contributed by atoms with Gasteiger partial charge in [0.25, 0.3) is 0 Å². The predicted molar refractivity (Wildman–Crippen MR) is 53.7 cm³/mol. The van der Waals surface area contributed by atoms with Gasteiger partial charge in [0, 0.05) is 24.2 Å². The van der Waals surface area contributed by atoms with Crippen LogP contribution in [0.1, 0.15) is 6.92 Å². The lowest BCUT2D eigenvalue weighted by Crippen LogP contribution is -2.33. The van der Waals surface area contributed by atoms with Crippen LogP contribution in [0.3, 0.4) is 0 Å². The van der Waals surface area contributed by atoms with Gasteiger partial charge in [-0.05, 0) is 7.05 Å². The van der Waals surface area contributed by atoms with Gasteiger partial charge in [-0.25, -0.2) is 0 Å². The summed E-state index contributed by atoms with van der Waals surface area (Å²) in [6.07, 6.45) is 0. The lowest BCUT2D eigenvalue weighted by Gasteiger charge is -2.16. The average molecular weight is 193 g/mol. The first-order valence-corrected chi connectivity index (χ1v) is 5.18. The molecular weight excluding hydrogens is 174 g/mol. The van der Waals surface area contributed by atoms with Gasteiger partial charge < -0.3 is 15.2 Å². The third kappa shape index (κ3) is 5.83. The summed E-state index contributed by atoms with van der Waals surface area (Å²) in [5.74, 6) is 0.978. The zero-order chi connectivity index (χ0) is 9.40. The van der Waals surface area contributed by atoms with Gasteiger partial charge in [0.15, 0.2) is 0 Å². The molecule has 0 aromatic rings. The van der Waals surface area contributed by atoms with E-state index >= 15 is 0 Å². The van der Waals surface area contributed by atoms with Crippen molar-refractivity contribution in [2.75, 3.05) is 33.1 Å². The standard InChI is InChI=1S/C8H19NO2S/c1-7(4-10)12-6-8(9-2)5-11-3/h7-10H,4-6H2,1-3H3. The minimum absolute atomic E-state index is 0.244. The minimum atomic E-state index is 0.244. The SMILES string of the molecule is CNC(COC)CSC(C)CO. The average Bonchev–Trinajstić information content (AvgIpc) is 2.11. The van der Waals surface area contributed by atoms with Gasteiger partial charge >= 0.3 is 0 Å². The Morgan fingerprint density at radius 3 is 2.67 bits per heavy atom. The Morgan fingerprint density at radius 1 is 1.58 bits per heavy atom. The third-order valence-electron chi connectivity index (χ3n) is 1.62. The van der Waals surface area contributed by atoms with E-state index in [2.05, 4.69) is 5.32 Å². The van der Waals surface area contributed by atoms with Gasteiger partial charge in [-0.3, -0.25) is 0 Å². The number of nitrogens with one attached hydrogen (secondary N) is 1. The summed E-state index contributed by atoms with van der Waals surface area (Å²) >= 11 is 1.76. The molecule has 2 atom stereocenters. The molecule has 3 nitrogen and oxygen atoms in total. The van der Waals surface area contributed by atoms with Crippen LogP contribution in [0.25, 0.3) is 0 Å². The normalized spacial score (nSPS) is 16.0. The summed E-state index contributed by atoms with van der Waals surface area (Å²) in [5, 5.41) is 12.3. The molecule has 2 unspecified atom stereocenters. The molecule has 0 saturated heterocycles. The molecule has 0 saturated carbocycles. The maximum Gasteiger partial charge on any atom is 0.0623 e. The van der Waals surface area contributed by atoms with Crippen LogP contribution in [0.15, 0.2) is 0 Å². The fourth-order valence-electron chi connectivity index (χ4n) is 0.749. The van der Waals surface area contributed by atoms with Crippen LogP contribution in [-0.2, 0) is 4.74 Å². The summed E-state index contributed by atoms with van der Waals surface area (Å²) in [4.78, 5) is 0. The number of hydrogen-bond acceptors (Lipinski definition) is 4. The lowest BCUT2D eigenvalue weighted by atomic mass is 10.4. The van der Waals surface area contributed by atoms with E-state index in [0.29, 0.717) is 11.3 Å². The van der Waals surface area contributed by atoms with E-state index in [-0.39, 0.29) is 6.61 Å². The number of likely N-dealkylation sites (N-methyl/N-ethyl adjacent to an activating group) is 1. The molecule has 0 aromatic heterocycles. The predicted octanol–water partition coefficient (Wildman–Crippen LogP) is 0.335. The number of rotatable bonds is 7. The van der Waals surface area contributed by atoms with Crippen molar-refractivity contribution in [3.63, 3.8) is 0 Å². The lowest BCUT2D eigenvalue weighted by molar-refractivity contribution is 0.177. The van der Waals surface area contributed by atoms with E-state index in [4.69, 9.17) is 9.84 Å². The van der Waals surface area contributed by atoms with Crippen molar-refractivity contribution < 1.29 is 9.84 Å². The van der Waals surface area contributed by atoms with E-state index in [1.54, 1.807) is 18.9 Å². The zero-order valence-electron chi connectivity index (χ0n) is 8.04. The van der Waals surface area contributed by atoms with Gasteiger partial charge in [0.05, 0.1) is 13.2 Å². The molecule has 0 aliphatic carbocycles. The van der Waals surface area contributed by atoms with E-state index in [0.717, 1.165) is 12.4 Å². The number of methoxy groups -OCH3 is 1. The molecule has 0 bridgehead atoms. The molecule has 4 heteroatoms. The van der Waals surface area contributed by atoms with Gasteiger partial charge in [-0.1, -0.05) is 6.92 Å². The fourth-order valence-corrected chi connectivity index (χ4v) is 1.68. The van der Waals surface area contributed by atoms with Gasteiger partial charge in [-0.15, -0.1) is 0 Å².